The lowest BCUT2D eigenvalue weighted by Crippen LogP contribution is -2.42. The van der Waals surface area contributed by atoms with E-state index in [2.05, 4.69) is 35.0 Å². The van der Waals surface area contributed by atoms with Crippen LogP contribution in [0.5, 0.6) is 0 Å². The quantitative estimate of drug-likeness (QED) is 0.718. The molecule has 0 bridgehead atoms. The van der Waals surface area contributed by atoms with E-state index in [9.17, 15) is 4.79 Å². The number of ether oxygens (including phenoxy) is 1. The van der Waals surface area contributed by atoms with Crippen molar-refractivity contribution in [2.24, 2.45) is 0 Å². The Bertz CT molecular complexity index is 884. The number of hydrogen-bond acceptors (Lipinski definition) is 2. The molecule has 132 valence electrons. The van der Waals surface area contributed by atoms with E-state index in [0.29, 0.717) is 18.7 Å². The average Bonchev–Trinajstić information content (AvgIpc) is 3.17. The van der Waals surface area contributed by atoms with Crippen molar-refractivity contribution < 1.29 is 9.53 Å². The molecule has 1 unspecified atom stereocenters. The second kappa shape index (κ2) is 7.18. The van der Waals surface area contributed by atoms with Crippen LogP contribution in [-0.4, -0.2) is 29.0 Å². The van der Waals surface area contributed by atoms with Crippen molar-refractivity contribution in [2.75, 3.05) is 13.7 Å². The van der Waals surface area contributed by atoms with Gasteiger partial charge in [0.05, 0.1) is 12.6 Å². The Hall–Kier alpha value is -2.85. The second-order valence-corrected chi connectivity index (χ2v) is 6.57. The van der Waals surface area contributed by atoms with Gasteiger partial charge in [-0.3, -0.25) is 4.79 Å². The molecule has 0 spiro atoms. The molecule has 2 aromatic carbocycles. The van der Waals surface area contributed by atoms with Crippen molar-refractivity contribution >= 4 is 5.91 Å². The van der Waals surface area contributed by atoms with Gasteiger partial charge in [-0.05, 0) is 35.4 Å². The molecule has 0 N–H and O–H groups in total. The van der Waals surface area contributed by atoms with Gasteiger partial charge in [0.15, 0.2) is 0 Å². The Kier molecular flexibility index (Phi) is 4.59. The third-order valence-corrected chi connectivity index (χ3v) is 4.93. The van der Waals surface area contributed by atoms with Crippen LogP contribution in [0.25, 0.3) is 0 Å². The fourth-order valence-electron chi connectivity index (χ4n) is 3.66. The van der Waals surface area contributed by atoms with E-state index in [-0.39, 0.29) is 11.9 Å². The first-order chi connectivity index (χ1) is 12.8. The Morgan fingerprint density at radius 3 is 2.50 bits per heavy atom. The maximum atomic E-state index is 13.3. The number of amides is 1. The van der Waals surface area contributed by atoms with Crippen LogP contribution in [0.3, 0.4) is 0 Å². The van der Waals surface area contributed by atoms with Crippen molar-refractivity contribution in [2.45, 2.75) is 19.2 Å². The van der Waals surface area contributed by atoms with Crippen LogP contribution in [0.2, 0.25) is 0 Å². The summed E-state index contributed by atoms with van der Waals surface area (Å²) in [6.45, 7) is 2.07. The zero-order valence-electron chi connectivity index (χ0n) is 14.8. The lowest BCUT2D eigenvalue weighted by Gasteiger charge is -2.37. The molecule has 3 aromatic rings. The summed E-state index contributed by atoms with van der Waals surface area (Å²) >= 11 is 0. The average molecular weight is 346 g/mol. The van der Waals surface area contributed by atoms with Crippen molar-refractivity contribution in [1.82, 2.24) is 9.47 Å². The molecule has 4 rings (SSSR count). The maximum Gasteiger partial charge on any atom is 0.254 e. The summed E-state index contributed by atoms with van der Waals surface area (Å²) in [7, 11) is 1.67. The standard InChI is InChI=1S/C22H22N2O2/c1-26-16-17-9-11-19(12-10-17)22(25)24-15-14-23-13-5-8-20(23)21(24)18-6-3-2-4-7-18/h2-13,21H,14-16H2,1H3. The molecule has 1 atom stereocenters. The van der Waals surface area contributed by atoms with Gasteiger partial charge in [-0.15, -0.1) is 0 Å². The normalized spacial score (nSPS) is 16.3. The molecular weight excluding hydrogens is 324 g/mol. The summed E-state index contributed by atoms with van der Waals surface area (Å²) in [5.74, 6) is 0.0651. The fraction of sp³-hybridized carbons (Fsp3) is 0.227. The predicted molar refractivity (Wildman–Crippen MR) is 101 cm³/mol. The summed E-state index contributed by atoms with van der Waals surface area (Å²) in [6, 6.07) is 22.1. The van der Waals surface area contributed by atoms with Gasteiger partial charge < -0.3 is 14.2 Å². The van der Waals surface area contributed by atoms with Crippen molar-refractivity contribution in [3.63, 3.8) is 0 Å². The van der Waals surface area contributed by atoms with E-state index in [1.54, 1.807) is 7.11 Å². The molecule has 4 nitrogen and oxygen atoms in total. The molecule has 1 aliphatic heterocycles. The summed E-state index contributed by atoms with van der Waals surface area (Å²) in [4.78, 5) is 15.3. The van der Waals surface area contributed by atoms with E-state index < -0.39 is 0 Å². The SMILES string of the molecule is COCc1ccc(C(=O)N2CCn3cccc3C2c2ccccc2)cc1. The van der Waals surface area contributed by atoms with Gasteiger partial charge in [0, 0.05) is 37.7 Å². The largest absolute Gasteiger partial charge is 0.380 e. The van der Waals surface area contributed by atoms with Gasteiger partial charge in [0.1, 0.15) is 0 Å². The van der Waals surface area contributed by atoms with Crippen molar-refractivity contribution in [3.05, 3.63) is 95.3 Å². The zero-order valence-corrected chi connectivity index (χ0v) is 14.8. The molecule has 2 heterocycles. The highest BCUT2D eigenvalue weighted by molar-refractivity contribution is 5.94. The molecule has 1 aromatic heterocycles. The number of carbonyl (C=O) groups excluding carboxylic acids is 1. The number of aromatic nitrogens is 1. The first-order valence-corrected chi connectivity index (χ1v) is 8.87. The third-order valence-electron chi connectivity index (χ3n) is 4.93. The minimum absolute atomic E-state index is 0.0638. The van der Waals surface area contributed by atoms with Gasteiger partial charge in [-0.25, -0.2) is 0 Å². The Balaban J connectivity index is 1.69. The molecule has 1 amide bonds. The third kappa shape index (κ3) is 3.04. The molecule has 0 fully saturated rings. The van der Waals surface area contributed by atoms with Gasteiger partial charge in [-0.2, -0.15) is 0 Å². The smallest absolute Gasteiger partial charge is 0.254 e. The lowest BCUT2D eigenvalue weighted by molar-refractivity contribution is 0.0664. The highest BCUT2D eigenvalue weighted by Crippen LogP contribution is 2.33. The minimum Gasteiger partial charge on any atom is -0.380 e. The van der Waals surface area contributed by atoms with Crippen LogP contribution in [0, 0.1) is 0 Å². The van der Waals surface area contributed by atoms with Crippen LogP contribution in [0.4, 0.5) is 0 Å². The van der Waals surface area contributed by atoms with Gasteiger partial charge >= 0.3 is 0 Å². The Morgan fingerprint density at radius 1 is 1.00 bits per heavy atom. The van der Waals surface area contributed by atoms with E-state index in [1.807, 2.05) is 47.4 Å². The molecule has 0 saturated heterocycles. The summed E-state index contributed by atoms with van der Waals surface area (Å²) in [6.07, 6.45) is 2.09. The molecular formula is C22H22N2O2. The summed E-state index contributed by atoms with van der Waals surface area (Å²) in [5, 5.41) is 0. The zero-order chi connectivity index (χ0) is 17.9. The van der Waals surface area contributed by atoms with E-state index >= 15 is 0 Å². The minimum atomic E-state index is -0.0638. The lowest BCUT2D eigenvalue weighted by atomic mass is 9.98. The molecule has 0 aliphatic carbocycles. The van der Waals surface area contributed by atoms with Crippen LogP contribution >= 0.6 is 0 Å². The van der Waals surface area contributed by atoms with Crippen molar-refractivity contribution in [1.29, 1.82) is 0 Å². The molecule has 0 radical (unpaired) electrons. The molecule has 26 heavy (non-hydrogen) atoms. The van der Waals surface area contributed by atoms with Gasteiger partial charge in [0.2, 0.25) is 0 Å². The van der Waals surface area contributed by atoms with Crippen LogP contribution in [-0.2, 0) is 17.9 Å². The number of methoxy groups -OCH3 is 1. The first-order valence-electron chi connectivity index (χ1n) is 8.87. The number of nitrogens with zero attached hydrogens (tertiary/aromatic N) is 2. The van der Waals surface area contributed by atoms with E-state index in [4.69, 9.17) is 4.74 Å². The predicted octanol–water partition coefficient (Wildman–Crippen LogP) is 3.88. The maximum absolute atomic E-state index is 13.3. The highest BCUT2D eigenvalue weighted by atomic mass is 16.5. The number of hydrogen-bond donors (Lipinski definition) is 0. The molecule has 0 saturated carbocycles. The monoisotopic (exact) mass is 346 g/mol. The van der Waals surface area contributed by atoms with Gasteiger partial charge in [0.25, 0.3) is 5.91 Å². The van der Waals surface area contributed by atoms with E-state index in [1.165, 1.54) is 0 Å². The number of carbonyl (C=O) groups is 1. The van der Waals surface area contributed by atoms with Crippen LogP contribution in [0.1, 0.15) is 33.2 Å². The molecule has 4 heteroatoms. The number of benzene rings is 2. The fourth-order valence-corrected chi connectivity index (χ4v) is 3.66. The second-order valence-electron chi connectivity index (χ2n) is 6.57. The summed E-state index contributed by atoms with van der Waals surface area (Å²) in [5.41, 5.74) is 4.07. The number of fused-ring (bicyclic) bond motifs is 1. The number of rotatable bonds is 4. The summed E-state index contributed by atoms with van der Waals surface area (Å²) < 4.78 is 7.39. The van der Waals surface area contributed by atoms with E-state index in [0.717, 1.165) is 23.4 Å². The van der Waals surface area contributed by atoms with Crippen LogP contribution < -0.4 is 0 Å². The highest BCUT2D eigenvalue weighted by Gasteiger charge is 2.32. The topological polar surface area (TPSA) is 34.5 Å². The van der Waals surface area contributed by atoms with Crippen molar-refractivity contribution in [3.8, 4) is 0 Å². The first kappa shape index (κ1) is 16.6. The molecule has 1 aliphatic rings. The van der Waals surface area contributed by atoms with Gasteiger partial charge in [-0.1, -0.05) is 42.5 Å². The van der Waals surface area contributed by atoms with Crippen LogP contribution in [0.15, 0.2) is 72.9 Å². The Labute approximate surface area is 153 Å². The Morgan fingerprint density at radius 2 is 1.77 bits per heavy atom.